The van der Waals surface area contributed by atoms with Gasteiger partial charge in [0.1, 0.15) is 0 Å². The van der Waals surface area contributed by atoms with Gasteiger partial charge < -0.3 is 11.1 Å². The van der Waals surface area contributed by atoms with Gasteiger partial charge in [-0.2, -0.15) is 5.10 Å². The molecule has 0 aliphatic heterocycles. The van der Waals surface area contributed by atoms with Crippen LogP contribution in [0.15, 0.2) is 6.20 Å². The van der Waals surface area contributed by atoms with Gasteiger partial charge in [-0.1, -0.05) is 13.8 Å². The third-order valence-electron chi connectivity index (χ3n) is 2.35. The van der Waals surface area contributed by atoms with E-state index in [0.29, 0.717) is 18.7 Å². The molecule has 1 aromatic heterocycles. The van der Waals surface area contributed by atoms with Crippen LogP contribution in [0, 0.1) is 12.3 Å². The summed E-state index contributed by atoms with van der Waals surface area (Å²) in [6.45, 7) is 6.94. The van der Waals surface area contributed by atoms with E-state index in [9.17, 15) is 4.79 Å². The molecule has 1 aromatic rings. The van der Waals surface area contributed by atoms with Crippen LogP contribution < -0.4 is 11.1 Å². The minimum absolute atomic E-state index is 0.0761. The molecule has 0 spiro atoms. The molecule has 0 fully saturated rings. The lowest BCUT2D eigenvalue weighted by Gasteiger charge is -2.22. The smallest absolute Gasteiger partial charge is 0.254 e. The van der Waals surface area contributed by atoms with Crippen LogP contribution in [-0.4, -0.2) is 29.2 Å². The van der Waals surface area contributed by atoms with Crippen molar-refractivity contribution < 1.29 is 4.79 Å². The summed E-state index contributed by atoms with van der Waals surface area (Å²) in [7, 11) is 0. The number of nitrogens with two attached hydrogens (primary N) is 1. The molecule has 5 nitrogen and oxygen atoms in total. The number of rotatable bonds is 4. The van der Waals surface area contributed by atoms with Crippen LogP contribution >= 0.6 is 0 Å². The van der Waals surface area contributed by atoms with Gasteiger partial charge in [0.2, 0.25) is 0 Å². The molecule has 0 aliphatic rings. The zero-order valence-electron chi connectivity index (χ0n) is 9.42. The Labute approximate surface area is 89.4 Å². The Bertz CT molecular complexity index is 343. The summed E-state index contributed by atoms with van der Waals surface area (Å²) in [5.74, 6) is -0.109. The van der Waals surface area contributed by atoms with Crippen LogP contribution in [0.4, 0.5) is 0 Å². The molecule has 0 radical (unpaired) electrons. The molecule has 0 atom stereocenters. The van der Waals surface area contributed by atoms with E-state index in [0.717, 1.165) is 5.69 Å². The van der Waals surface area contributed by atoms with E-state index in [4.69, 9.17) is 5.73 Å². The van der Waals surface area contributed by atoms with Crippen molar-refractivity contribution in [1.82, 2.24) is 15.5 Å². The van der Waals surface area contributed by atoms with Crippen molar-refractivity contribution in [1.29, 1.82) is 0 Å². The van der Waals surface area contributed by atoms with E-state index < -0.39 is 0 Å². The van der Waals surface area contributed by atoms with Crippen LogP contribution in [0.2, 0.25) is 0 Å². The number of aromatic amines is 1. The van der Waals surface area contributed by atoms with Crippen LogP contribution in [0.1, 0.15) is 29.9 Å². The summed E-state index contributed by atoms with van der Waals surface area (Å²) in [4.78, 5) is 11.7. The largest absolute Gasteiger partial charge is 0.351 e. The molecule has 15 heavy (non-hydrogen) atoms. The Morgan fingerprint density at radius 3 is 2.80 bits per heavy atom. The van der Waals surface area contributed by atoms with Crippen molar-refractivity contribution in [2.75, 3.05) is 13.1 Å². The third-order valence-corrected chi connectivity index (χ3v) is 2.35. The zero-order valence-corrected chi connectivity index (χ0v) is 9.42. The predicted molar refractivity (Wildman–Crippen MR) is 58.5 cm³/mol. The number of carbonyl (C=O) groups is 1. The number of nitrogens with zero attached hydrogens (tertiary/aromatic N) is 1. The Balaban J connectivity index is 2.55. The normalized spacial score (nSPS) is 11.5. The topological polar surface area (TPSA) is 83.8 Å². The Hall–Kier alpha value is -1.36. The molecule has 84 valence electrons. The molecular weight excluding hydrogens is 192 g/mol. The second-order valence-electron chi connectivity index (χ2n) is 4.46. The summed E-state index contributed by atoms with van der Waals surface area (Å²) >= 11 is 0. The lowest BCUT2D eigenvalue weighted by atomic mass is 9.94. The van der Waals surface area contributed by atoms with E-state index in [1.807, 2.05) is 20.8 Å². The maximum absolute atomic E-state index is 11.7. The highest BCUT2D eigenvalue weighted by Gasteiger charge is 2.18. The van der Waals surface area contributed by atoms with Gasteiger partial charge in [0.15, 0.2) is 0 Å². The molecule has 4 N–H and O–H groups in total. The molecule has 0 unspecified atom stereocenters. The molecule has 1 rings (SSSR count). The van der Waals surface area contributed by atoms with Gasteiger partial charge >= 0.3 is 0 Å². The van der Waals surface area contributed by atoms with Crippen LogP contribution in [0.3, 0.4) is 0 Å². The zero-order chi connectivity index (χ0) is 11.5. The summed E-state index contributed by atoms with van der Waals surface area (Å²) in [5, 5.41) is 9.36. The molecule has 1 amide bonds. The van der Waals surface area contributed by atoms with Crippen molar-refractivity contribution in [2.45, 2.75) is 20.8 Å². The SMILES string of the molecule is Cc1[nH]ncc1C(=O)NCC(C)(C)CN. The number of hydrogen-bond acceptors (Lipinski definition) is 3. The van der Waals surface area contributed by atoms with E-state index in [1.54, 1.807) is 0 Å². The van der Waals surface area contributed by atoms with Crippen LogP contribution in [0.25, 0.3) is 0 Å². The first-order valence-electron chi connectivity index (χ1n) is 4.94. The average molecular weight is 210 g/mol. The molecule has 1 heterocycles. The fraction of sp³-hybridized carbons (Fsp3) is 0.600. The lowest BCUT2D eigenvalue weighted by molar-refractivity contribution is 0.0937. The Kier molecular flexibility index (Phi) is 3.47. The summed E-state index contributed by atoms with van der Waals surface area (Å²) in [6, 6.07) is 0. The standard InChI is InChI=1S/C10H18N4O/c1-7-8(4-13-14-7)9(15)12-6-10(2,3)5-11/h4H,5-6,11H2,1-3H3,(H,12,15)(H,13,14). The van der Waals surface area contributed by atoms with Crippen molar-refractivity contribution in [3.63, 3.8) is 0 Å². The van der Waals surface area contributed by atoms with Gasteiger partial charge in [-0.3, -0.25) is 9.89 Å². The number of aromatic nitrogens is 2. The highest BCUT2D eigenvalue weighted by atomic mass is 16.1. The first-order valence-corrected chi connectivity index (χ1v) is 4.94. The minimum Gasteiger partial charge on any atom is -0.351 e. The van der Waals surface area contributed by atoms with Gasteiger partial charge in [-0.05, 0) is 18.9 Å². The highest BCUT2D eigenvalue weighted by molar-refractivity contribution is 5.94. The maximum Gasteiger partial charge on any atom is 0.254 e. The van der Waals surface area contributed by atoms with E-state index in [-0.39, 0.29) is 11.3 Å². The minimum atomic E-state index is -0.109. The van der Waals surface area contributed by atoms with Crippen LogP contribution in [-0.2, 0) is 0 Å². The molecule has 0 aliphatic carbocycles. The number of H-pyrrole nitrogens is 1. The predicted octanol–water partition coefficient (Wildman–Crippen LogP) is 0.433. The van der Waals surface area contributed by atoms with Crippen molar-refractivity contribution >= 4 is 5.91 Å². The number of nitrogens with one attached hydrogen (secondary N) is 2. The van der Waals surface area contributed by atoms with Gasteiger partial charge in [-0.15, -0.1) is 0 Å². The third kappa shape index (κ3) is 3.06. The Morgan fingerprint density at radius 2 is 2.33 bits per heavy atom. The molecule has 0 saturated carbocycles. The van der Waals surface area contributed by atoms with Gasteiger partial charge in [-0.25, -0.2) is 0 Å². The first-order chi connectivity index (χ1) is 6.96. The molecule has 0 aromatic carbocycles. The van der Waals surface area contributed by atoms with Gasteiger partial charge in [0.05, 0.1) is 11.8 Å². The fourth-order valence-corrected chi connectivity index (χ4v) is 1.07. The molecule has 0 bridgehead atoms. The highest BCUT2D eigenvalue weighted by Crippen LogP contribution is 2.11. The molecule has 5 heteroatoms. The van der Waals surface area contributed by atoms with E-state index in [1.165, 1.54) is 6.20 Å². The van der Waals surface area contributed by atoms with Crippen molar-refractivity contribution in [3.05, 3.63) is 17.5 Å². The quantitative estimate of drug-likeness (QED) is 0.674. The van der Waals surface area contributed by atoms with Gasteiger partial charge in [0.25, 0.3) is 5.91 Å². The summed E-state index contributed by atoms with van der Waals surface area (Å²) in [6.07, 6.45) is 1.53. The first kappa shape index (κ1) is 11.7. The number of aryl methyl sites for hydroxylation is 1. The monoisotopic (exact) mass is 210 g/mol. The van der Waals surface area contributed by atoms with Crippen LogP contribution in [0.5, 0.6) is 0 Å². The van der Waals surface area contributed by atoms with Gasteiger partial charge in [0, 0.05) is 12.2 Å². The molecular formula is C10H18N4O. The lowest BCUT2D eigenvalue weighted by Crippen LogP contribution is -2.38. The second-order valence-corrected chi connectivity index (χ2v) is 4.46. The number of hydrogen-bond donors (Lipinski definition) is 3. The average Bonchev–Trinajstić information content (AvgIpc) is 2.61. The number of carbonyl (C=O) groups excluding carboxylic acids is 1. The maximum atomic E-state index is 11.7. The van der Waals surface area contributed by atoms with E-state index in [2.05, 4.69) is 15.5 Å². The molecule has 0 saturated heterocycles. The van der Waals surface area contributed by atoms with E-state index >= 15 is 0 Å². The Morgan fingerprint density at radius 1 is 1.67 bits per heavy atom. The summed E-state index contributed by atoms with van der Waals surface area (Å²) < 4.78 is 0. The fourth-order valence-electron chi connectivity index (χ4n) is 1.07. The number of amides is 1. The van der Waals surface area contributed by atoms with Crippen molar-refractivity contribution in [2.24, 2.45) is 11.1 Å². The summed E-state index contributed by atoms with van der Waals surface area (Å²) in [5.41, 5.74) is 6.86. The van der Waals surface area contributed by atoms with Crippen molar-refractivity contribution in [3.8, 4) is 0 Å². The second kappa shape index (κ2) is 4.44.